The van der Waals surface area contributed by atoms with Gasteiger partial charge in [-0.3, -0.25) is 14.5 Å². The Bertz CT molecular complexity index is 926. The maximum atomic E-state index is 12.7. The average molecular weight is 362 g/mol. The van der Waals surface area contributed by atoms with Crippen LogP contribution in [0, 0.1) is 13.8 Å². The van der Waals surface area contributed by atoms with Gasteiger partial charge < -0.3 is 4.57 Å². The van der Waals surface area contributed by atoms with E-state index in [9.17, 15) is 18.0 Å². The van der Waals surface area contributed by atoms with Gasteiger partial charge in [0.2, 0.25) is 0 Å². The van der Waals surface area contributed by atoms with Crippen LogP contribution in [0.4, 0.5) is 13.2 Å². The predicted octanol–water partition coefficient (Wildman–Crippen LogP) is 3.81. The van der Waals surface area contributed by atoms with Crippen LogP contribution in [0.3, 0.4) is 0 Å². The van der Waals surface area contributed by atoms with Crippen LogP contribution < -0.4 is 0 Å². The van der Waals surface area contributed by atoms with Gasteiger partial charge in [-0.1, -0.05) is 0 Å². The van der Waals surface area contributed by atoms with Gasteiger partial charge in [0.05, 0.1) is 5.69 Å². The van der Waals surface area contributed by atoms with Crippen LogP contribution >= 0.6 is 0 Å². The smallest absolute Gasteiger partial charge is 0.339 e. The van der Waals surface area contributed by atoms with Crippen LogP contribution in [0.2, 0.25) is 0 Å². The lowest BCUT2D eigenvalue weighted by Gasteiger charge is -2.12. The van der Waals surface area contributed by atoms with E-state index in [4.69, 9.17) is 0 Å². The second kappa shape index (κ2) is 6.78. The molecule has 0 amide bonds. The molecule has 0 saturated heterocycles. The Morgan fingerprint density at radius 3 is 2.46 bits per heavy atom. The van der Waals surface area contributed by atoms with E-state index in [0.717, 1.165) is 15.8 Å². The van der Waals surface area contributed by atoms with Crippen molar-refractivity contribution in [2.24, 2.45) is 0 Å². The summed E-state index contributed by atoms with van der Waals surface area (Å²) in [7, 11) is 0. The number of hydrogen-bond acceptors (Lipinski definition) is 3. The number of carbonyl (C=O) groups is 1. The van der Waals surface area contributed by atoms with Crippen LogP contribution in [0.1, 0.15) is 21.7 Å². The highest BCUT2D eigenvalue weighted by Gasteiger charge is 2.30. The van der Waals surface area contributed by atoms with Crippen LogP contribution in [-0.4, -0.2) is 31.3 Å². The molecule has 3 aromatic heterocycles. The first kappa shape index (κ1) is 17.9. The van der Waals surface area contributed by atoms with Gasteiger partial charge in [-0.05, 0) is 38.1 Å². The minimum absolute atomic E-state index is 0.0546. The number of pyridine rings is 1. The molecule has 0 aliphatic rings. The fraction of sp³-hybridized carbons (Fsp3) is 0.278. The van der Waals surface area contributed by atoms with Crippen molar-refractivity contribution in [3.8, 4) is 11.3 Å². The normalized spacial score (nSPS) is 11.7. The molecule has 3 rings (SSSR count). The second-order valence-electron chi connectivity index (χ2n) is 6.02. The highest BCUT2D eigenvalue weighted by atomic mass is 19.4. The van der Waals surface area contributed by atoms with E-state index in [1.165, 1.54) is 17.7 Å². The van der Waals surface area contributed by atoms with E-state index >= 15 is 0 Å². The van der Waals surface area contributed by atoms with Gasteiger partial charge in [0.1, 0.15) is 13.1 Å². The SMILES string of the molecule is Cc1cc(C(=O)Cn2nccc2-c2ccncc2)c(C)n1CC(F)(F)F. The lowest BCUT2D eigenvalue weighted by atomic mass is 10.1. The van der Waals surface area contributed by atoms with Crippen molar-refractivity contribution in [2.75, 3.05) is 0 Å². The van der Waals surface area contributed by atoms with Crippen molar-refractivity contribution < 1.29 is 18.0 Å². The quantitative estimate of drug-likeness (QED) is 0.649. The molecule has 3 heterocycles. The van der Waals surface area contributed by atoms with E-state index in [1.807, 2.05) is 0 Å². The Morgan fingerprint density at radius 2 is 1.81 bits per heavy atom. The number of aryl methyl sites for hydroxylation is 1. The monoisotopic (exact) mass is 362 g/mol. The minimum atomic E-state index is -4.34. The standard InChI is InChI=1S/C18H17F3N4O/c1-12-9-15(13(2)24(12)11-18(19,20)21)17(26)10-25-16(5-8-23-25)14-3-6-22-7-4-14/h3-9H,10-11H2,1-2H3. The number of ketones is 1. The first-order valence-corrected chi connectivity index (χ1v) is 7.95. The van der Waals surface area contributed by atoms with Crippen molar-refractivity contribution in [3.05, 3.63) is 59.8 Å². The van der Waals surface area contributed by atoms with E-state index < -0.39 is 12.7 Å². The minimum Gasteiger partial charge on any atom is -0.339 e. The summed E-state index contributed by atoms with van der Waals surface area (Å²) >= 11 is 0. The van der Waals surface area contributed by atoms with Gasteiger partial charge in [0, 0.05) is 41.1 Å². The molecule has 5 nitrogen and oxygen atoms in total. The molecule has 0 aliphatic carbocycles. The van der Waals surface area contributed by atoms with Crippen molar-refractivity contribution in [1.82, 2.24) is 19.3 Å². The Morgan fingerprint density at radius 1 is 1.12 bits per heavy atom. The summed E-state index contributed by atoms with van der Waals surface area (Å²) in [4.78, 5) is 16.6. The second-order valence-corrected chi connectivity index (χ2v) is 6.02. The molecular formula is C18H17F3N4O. The summed E-state index contributed by atoms with van der Waals surface area (Å²) in [5.74, 6) is -0.287. The van der Waals surface area contributed by atoms with Gasteiger partial charge in [-0.25, -0.2) is 0 Å². The number of Topliss-reactive ketones (excluding diaryl/α,β-unsaturated/α-hetero) is 1. The molecular weight excluding hydrogens is 345 g/mol. The molecule has 0 radical (unpaired) electrons. The van der Waals surface area contributed by atoms with Crippen LogP contribution in [0.15, 0.2) is 42.9 Å². The van der Waals surface area contributed by atoms with Crippen molar-refractivity contribution in [3.63, 3.8) is 0 Å². The third-order valence-corrected chi connectivity index (χ3v) is 4.20. The lowest BCUT2D eigenvalue weighted by molar-refractivity contribution is -0.141. The summed E-state index contributed by atoms with van der Waals surface area (Å²) in [6.45, 7) is 1.92. The number of alkyl halides is 3. The first-order chi connectivity index (χ1) is 12.3. The number of halogens is 3. The highest BCUT2D eigenvalue weighted by Crippen LogP contribution is 2.24. The molecule has 3 aromatic rings. The molecule has 0 unspecified atom stereocenters. The van der Waals surface area contributed by atoms with Crippen molar-refractivity contribution in [2.45, 2.75) is 33.1 Å². The van der Waals surface area contributed by atoms with Gasteiger partial charge in [-0.2, -0.15) is 18.3 Å². The Balaban J connectivity index is 1.87. The van der Waals surface area contributed by atoms with Gasteiger partial charge in [0.15, 0.2) is 5.78 Å². The maximum Gasteiger partial charge on any atom is 0.406 e. The third kappa shape index (κ3) is 3.68. The summed E-state index contributed by atoms with van der Waals surface area (Å²) in [5, 5.41) is 4.16. The fourth-order valence-corrected chi connectivity index (χ4v) is 2.95. The molecule has 26 heavy (non-hydrogen) atoms. The molecule has 0 fully saturated rings. The number of nitrogens with zero attached hydrogens (tertiary/aromatic N) is 4. The fourth-order valence-electron chi connectivity index (χ4n) is 2.95. The molecule has 0 aromatic carbocycles. The predicted molar refractivity (Wildman–Crippen MR) is 89.7 cm³/mol. The zero-order valence-electron chi connectivity index (χ0n) is 14.3. The van der Waals surface area contributed by atoms with Crippen LogP contribution in [-0.2, 0) is 13.1 Å². The molecule has 8 heteroatoms. The van der Waals surface area contributed by atoms with Crippen molar-refractivity contribution in [1.29, 1.82) is 0 Å². The Hall–Kier alpha value is -2.90. The summed E-state index contributed by atoms with van der Waals surface area (Å²) in [6, 6.07) is 6.87. The third-order valence-electron chi connectivity index (χ3n) is 4.20. The van der Waals surface area contributed by atoms with Gasteiger partial charge in [0.25, 0.3) is 0 Å². The Labute approximate surface area is 148 Å². The van der Waals surface area contributed by atoms with Gasteiger partial charge >= 0.3 is 6.18 Å². The first-order valence-electron chi connectivity index (χ1n) is 7.95. The van der Waals surface area contributed by atoms with Gasteiger partial charge in [-0.15, -0.1) is 0 Å². The number of rotatable bonds is 5. The highest BCUT2D eigenvalue weighted by molar-refractivity contribution is 5.97. The number of carbonyl (C=O) groups excluding carboxylic acids is 1. The molecule has 0 atom stereocenters. The van der Waals surface area contributed by atoms with E-state index in [-0.39, 0.29) is 17.9 Å². The zero-order chi connectivity index (χ0) is 18.9. The number of hydrogen-bond donors (Lipinski definition) is 0. The number of aromatic nitrogens is 4. The average Bonchev–Trinajstić information content (AvgIpc) is 3.14. The summed E-state index contributed by atoms with van der Waals surface area (Å²) in [5.41, 5.74) is 2.58. The van der Waals surface area contributed by atoms with Crippen molar-refractivity contribution >= 4 is 5.78 Å². The van der Waals surface area contributed by atoms with Crippen LogP contribution in [0.5, 0.6) is 0 Å². The molecule has 136 valence electrons. The molecule has 0 saturated carbocycles. The van der Waals surface area contributed by atoms with Crippen LogP contribution in [0.25, 0.3) is 11.3 Å². The largest absolute Gasteiger partial charge is 0.406 e. The zero-order valence-corrected chi connectivity index (χ0v) is 14.3. The lowest BCUT2D eigenvalue weighted by Crippen LogP contribution is -2.20. The van der Waals surface area contributed by atoms with E-state index in [0.29, 0.717) is 11.4 Å². The van der Waals surface area contributed by atoms with E-state index in [2.05, 4.69) is 10.1 Å². The molecule has 0 aliphatic heterocycles. The molecule has 0 N–H and O–H groups in total. The molecule has 0 spiro atoms. The Kier molecular flexibility index (Phi) is 4.67. The molecule has 0 bridgehead atoms. The summed E-state index contributed by atoms with van der Waals surface area (Å²) in [6.07, 6.45) is 0.514. The maximum absolute atomic E-state index is 12.7. The van der Waals surface area contributed by atoms with E-state index in [1.54, 1.807) is 43.7 Å². The summed E-state index contributed by atoms with van der Waals surface area (Å²) < 4.78 is 40.8. The topological polar surface area (TPSA) is 52.7 Å².